The van der Waals surface area contributed by atoms with Gasteiger partial charge in [-0.2, -0.15) is 5.26 Å². The number of piperazine rings is 1. The third kappa shape index (κ3) is 6.00. The number of likely N-dealkylation sites (N-methyl/N-ethyl adjacent to an activating group) is 1. The zero-order chi connectivity index (χ0) is 26.2. The number of anilines is 1. The monoisotopic (exact) mass is 501 g/mol. The Balaban J connectivity index is 1.28. The molecule has 0 bridgehead atoms. The highest BCUT2D eigenvalue weighted by Crippen LogP contribution is 2.30. The molecule has 2 aliphatic rings. The number of aldehydes is 1. The molecule has 2 aromatic carbocycles. The average Bonchev–Trinajstić information content (AvgIpc) is 3.28. The second-order valence-electron chi connectivity index (χ2n) is 9.67. The van der Waals surface area contributed by atoms with Crippen LogP contribution in [-0.4, -0.2) is 73.7 Å². The zero-order valence-electron chi connectivity index (χ0n) is 21.5. The fraction of sp³-hybridized carbons (Fsp3) is 0.448. The Kier molecular flexibility index (Phi) is 8.91. The van der Waals surface area contributed by atoms with Crippen LogP contribution in [0.15, 0.2) is 42.5 Å². The zero-order valence-corrected chi connectivity index (χ0v) is 21.5. The van der Waals surface area contributed by atoms with Crippen molar-refractivity contribution in [3.05, 3.63) is 64.7 Å². The molecule has 1 N–H and O–H groups in total. The van der Waals surface area contributed by atoms with Crippen molar-refractivity contribution in [1.29, 1.82) is 5.26 Å². The summed E-state index contributed by atoms with van der Waals surface area (Å²) in [4.78, 5) is 42.8. The molecule has 1 saturated heterocycles. The van der Waals surface area contributed by atoms with Crippen LogP contribution in [0.3, 0.4) is 0 Å². The molecule has 0 aliphatic carbocycles. The summed E-state index contributed by atoms with van der Waals surface area (Å²) in [6, 6.07) is 15.3. The molecule has 194 valence electrons. The van der Waals surface area contributed by atoms with Crippen molar-refractivity contribution in [2.24, 2.45) is 0 Å². The van der Waals surface area contributed by atoms with Gasteiger partial charge in [-0.05, 0) is 61.6 Å². The lowest BCUT2D eigenvalue weighted by Gasteiger charge is -2.36. The number of rotatable bonds is 11. The molecular formula is C29H35N5O3. The van der Waals surface area contributed by atoms with Gasteiger partial charge in [0.05, 0.1) is 11.3 Å². The predicted octanol–water partition coefficient (Wildman–Crippen LogP) is 2.75. The van der Waals surface area contributed by atoms with E-state index in [1.165, 1.54) is 0 Å². The number of nitriles is 1. The maximum atomic E-state index is 13.1. The first kappa shape index (κ1) is 26.4. The second kappa shape index (κ2) is 12.5. The van der Waals surface area contributed by atoms with Gasteiger partial charge in [0.25, 0.3) is 5.91 Å². The Labute approximate surface area is 218 Å². The van der Waals surface area contributed by atoms with Crippen LogP contribution in [0.1, 0.15) is 52.7 Å². The molecule has 2 heterocycles. The van der Waals surface area contributed by atoms with E-state index in [4.69, 9.17) is 0 Å². The first-order chi connectivity index (χ1) is 18.1. The quantitative estimate of drug-likeness (QED) is 0.376. The molecule has 2 amide bonds. The summed E-state index contributed by atoms with van der Waals surface area (Å²) in [5.74, 6) is -0.368. The van der Waals surface area contributed by atoms with Crippen LogP contribution in [0.4, 0.5) is 5.69 Å². The average molecular weight is 502 g/mol. The second-order valence-corrected chi connectivity index (χ2v) is 9.67. The van der Waals surface area contributed by atoms with Gasteiger partial charge in [0.15, 0.2) is 0 Å². The van der Waals surface area contributed by atoms with E-state index in [1.54, 1.807) is 11.9 Å². The van der Waals surface area contributed by atoms with E-state index in [-0.39, 0.29) is 18.2 Å². The number of aryl methyl sites for hydroxylation is 1. The minimum atomic E-state index is -0.637. The highest BCUT2D eigenvalue weighted by atomic mass is 16.2. The minimum absolute atomic E-state index is 0.132. The maximum absolute atomic E-state index is 13.1. The van der Waals surface area contributed by atoms with Crippen LogP contribution >= 0.6 is 0 Å². The molecule has 0 radical (unpaired) electrons. The molecular weight excluding hydrogens is 466 g/mol. The van der Waals surface area contributed by atoms with Gasteiger partial charge in [0, 0.05) is 51.8 Å². The van der Waals surface area contributed by atoms with Crippen LogP contribution in [0.2, 0.25) is 0 Å². The molecule has 0 aromatic heterocycles. The summed E-state index contributed by atoms with van der Waals surface area (Å²) in [6.45, 7) is 5.22. The van der Waals surface area contributed by atoms with Crippen molar-refractivity contribution in [2.45, 2.75) is 44.7 Å². The molecule has 1 fully saturated rings. The summed E-state index contributed by atoms with van der Waals surface area (Å²) in [7, 11) is 1.56. The fourth-order valence-electron chi connectivity index (χ4n) is 5.43. The topological polar surface area (TPSA) is 96.8 Å². The summed E-state index contributed by atoms with van der Waals surface area (Å²) >= 11 is 0. The van der Waals surface area contributed by atoms with Crippen LogP contribution in [-0.2, 0) is 22.6 Å². The molecule has 1 atom stereocenters. The number of carbonyl (C=O) groups excluding carboxylic acids is 3. The Bertz CT molecular complexity index is 1170. The summed E-state index contributed by atoms with van der Waals surface area (Å²) < 4.78 is 0. The lowest BCUT2D eigenvalue weighted by atomic mass is 9.98. The molecule has 37 heavy (non-hydrogen) atoms. The number of nitrogens with one attached hydrogen (secondary N) is 1. The van der Waals surface area contributed by atoms with E-state index in [1.807, 2.05) is 36.4 Å². The lowest BCUT2D eigenvalue weighted by molar-refractivity contribution is -0.125. The highest BCUT2D eigenvalue weighted by molar-refractivity contribution is 6.01. The number of unbranched alkanes of at least 4 members (excludes halogenated alkanes) is 1. The number of nitrogens with zero attached hydrogens (tertiary/aromatic N) is 4. The number of hydrogen-bond donors (Lipinski definition) is 1. The van der Waals surface area contributed by atoms with Crippen molar-refractivity contribution < 1.29 is 14.4 Å². The van der Waals surface area contributed by atoms with Crippen molar-refractivity contribution in [2.75, 3.05) is 44.7 Å². The molecule has 8 nitrogen and oxygen atoms in total. The largest absolute Gasteiger partial charge is 0.368 e. The Morgan fingerprint density at radius 1 is 1.11 bits per heavy atom. The van der Waals surface area contributed by atoms with E-state index >= 15 is 0 Å². The van der Waals surface area contributed by atoms with Gasteiger partial charge < -0.3 is 19.9 Å². The summed E-state index contributed by atoms with van der Waals surface area (Å²) in [5, 5.41) is 12.0. The van der Waals surface area contributed by atoms with E-state index in [2.05, 4.69) is 27.3 Å². The first-order valence-electron chi connectivity index (χ1n) is 13.1. The van der Waals surface area contributed by atoms with Gasteiger partial charge in [-0.1, -0.05) is 24.3 Å². The molecule has 2 aliphatic heterocycles. The normalized spacial score (nSPS) is 16.3. The van der Waals surface area contributed by atoms with Gasteiger partial charge in [-0.15, -0.1) is 0 Å². The number of benzene rings is 2. The number of fused-ring (bicyclic) bond motifs is 1. The van der Waals surface area contributed by atoms with Crippen molar-refractivity contribution in [1.82, 2.24) is 15.1 Å². The van der Waals surface area contributed by atoms with E-state index in [0.717, 1.165) is 80.7 Å². The van der Waals surface area contributed by atoms with Gasteiger partial charge >= 0.3 is 0 Å². The minimum Gasteiger partial charge on any atom is -0.368 e. The van der Waals surface area contributed by atoms with Crippen LogP contribution in [0.5, 0.6) is 0 Å². The van der Waals surface area contributed by atoms with Gasteiger partial charge in [0.1, 0.15) is 18.4 Å². The lowest BCUT2D eigenvalue weighted by Crippen LogP contribution is -2.46. The third-order valence-corrected chi connectivity index (χ3v) is 7.48. The maximum Gasteiger partial charge on any atom is 0.255 e. The van der Waals surface area contributed by atoms with E-state index in [9.17, 15) is 19.6 Å². The van der Waals surface area contributed by atoms with Crippen LogP contribution in [0, 0.1) is 11.3 Å². The Morgan fingerprint density at radius 3 is 2.62 bits per heavy atom. The number of hydrogen-bond acceptors (Lipinski definition) is 6. The molecule has 2 aromatic rings. The van der Waals surface area contributed by atoms with Crippen molar-refractivity contribution >= 4 is 23.8 Å². The number of amides is 2. The Hall–Kier alpha value is -3.70. The molecule has 1 unspecified atom stereocenters. The smallest absolute Gasteiger partial charge is 0.255 e. The van der Waals surface area contributed by atoms with Gasteiger partial charge in [0.2, 0.25) is 5.91 Å². The van der Waals surface area contributed by atoms with Crippen molar-refractivity contribution in [3.8, 4) is 6.07 Å². The molecule has 0 spiro atoms. The third-order valence-electron chi connectivity index (χ3n) is 7.48. The van der Waals surface area contributed by atoms with Crippen LogP contribution < -0.4 is 10.2 Å². The number of para-hydroxylation sites is 1. The molecule has 0 saturated carbocycles. The highest BCUT2D eigenvalue weighted by Gasteiger charge is 2.36. The fourth-order valence-corrected chi connectivity index (χ4v) is 5.43. The predicted molar refractivity (Wildman–Crippen MR) is 142 cm³/mol. The van der Waals surface area contributed by atoms with E-state index < -0.39 is 6.04 Å². The van der Waals surface area contributed by atoms with E-state index in [0.29, 0.717) is 18.5 Å². The molecule has 4 rings (SSSR count). The standard InChI is InChI=1S/C29H35N5O3/c1-31-28(36)27(13-7-19-35)34-21-25-22(10-6-11-24(25)29(34)37)8-4-5-14-32-15-17-33(18-16-32)26-12-3-2-9-23(26)20-30/h2-3,6,9-12,19,27H,4-5,7-8,13-18,21H2,1H3,(H,31,36). The SMILES string of the molecule is CNC(=O)C(CCC=O)N1Cc2c(CCCCN3CCN(c4ccccc4C#N)CC3)cccc2C1=O. The summed E-state index contributed by atoms with van der Waals surface area (Å²) in [5.41, 5.74) is 4.60. The Morgan fingerprint density at radius 2 is 1.89 bits per heavy atom. The van der Waals surface area contributed by atoms with Crippen molar-refractivity contribution in [3.63, 3.8) is 0 Å². The summed E-state index contributed by atoms with van der Waals surface area (Å²) in [6.07, 6.45) is 4.33. The number of carbonyl (C=O) groups is 3. The van der Waals surface area contributed by atoms with Gasteiger partial charge in [-0.3, -0.25) is 14.5 Å². The van der Waals surface area contributed by atoms with Gasteiger partial charge in [-0.25, -0.2) is 0 Å². The first-order valence-corrected chi connectivity index (χ1v) is 13.1. The van der Waals surface area contributed by atoms with Crippen LogP contribution in [0.25, 0.3) is 0 Å². The molecule has 8 heteroatoms.